The predicted octanol–water partition coefficient (Wildman–Crippen LogP) is 5.91. The molecule has 4 rings (SSSR count). The number of nitrogens with zero attached hydrogens (tertiary/aromatic N) is 5. The second-order valence-electron chi connectivity index (χ2n) is 10.6. The van der Waals surface area contributed by atoms with Crippen molar-refractivity contribution in [3.8, 4) is 22.5 Å². The number of halogens is 3. The van der Waals surface area contributed by atoms with E-state index >= 15 is 0 Å². The number of benzene rings is 2. The van der Waals surface area contributed by atoms with E-state index in [2.05, 4.69) is 20.6 Å². The number of H-pyrrole nitrogens is 1. The highest BCUT2D eigenvalue weighted by Gasteiger charge is 2.43. The van der Waals surface area contributed by atoms with Crippen LogP contribution in [0.3, 0.4) is 0 Å². The Hall–Kier alpha value is -3.69. The molecule has 0 unspecified atom stereocenters. The Balaban J connectivity index is 1.76. The van der Waals surface area contributed by atoms with Gasteiger partial charge in [-0.15, -0.1) is 5.10 Å². The van der Waals surface area contributed by atoms with Crippen LogP contribution in [0.15, 0.2) is 53.3 Å². The lowest BCUT2D eigenvalue weighted by Crippen LogP contribution is -2.37. The average Bonchev–Trinajstić information content (AvgIpc) is 3.45. The lowest BCUT2D eigenvalue weighted by molar-refractivity contribution is -0.146. The number of aromatic nitrogens is 6. The molecular formula is C27H31F3N6O. The molecule has 0 aliphatic heterocycles. The van der Waals surface area contributed by atoms with E-state index < -0.39 is 23.1 Å². The first kappa shape index (κ1) is 26.4. The van der Waals surface area contributed by atoms with Gasteiger partial charge in [-0.2, -0.15) is 13.2 Å². The Morgan fingerprint density at radius 3 is 2.16 bits per heavy atom. The Morgan fingerprint density at radius 1 is 0.973 bits per heavy atom. The molecule has 0 aliphatic rings. The Labute approximate surface area is 213 Å². The van der Waals surface area contributed by atoms with Gasteiger partial charge in [0, 0.05) is 11.1 Å². The highest BCUT2D eigenvalue weighted by molar-refractivity contribution is 5.80. The zero-order valence-electron chi connectivity index (χ0n) is 21.6. The summed E-state index contributed by atoms with van der Waals surface area (Å²) in [5.41, 5.74) is 0.867. The van der Waals surface area contributed by atoms with Crippen LogP contribution in [0.2, 0.25) is 0 Å². The van der Waals surface area contributed by atoms with Crippen molar-refractivity contribution in [1.29, 1.82) is 0 Å². The first-order chi connectivity index (χ1) is 17.4. The minimum atomic E-state index is -4.65. The van der Waals surface area contributed by atoms with Gasteiger partial charge in [-0.3, -0.25) is 9.13 Å². The van der Waals surface area contributed by atoms with Crippen molar-refractivity contribution in [2.75, 3.05) is 0 Å². The van der Waals surface area contributed by atoms with Gasteiger partial charge in [-0.1, -0.05) is 62.4 Å². The van der Waals surface area contributed by atoms with Gasteiger partial charge in [-0.05, 0) is 66.6 Å². The van der Waals surface area contributed by atoms with E-state index in [-0.39, 0.29) is 24.6 Å². The van der Waals surface area contributed by atoms with Crippen molar-refractivity contribution in [1.82, 2.24) is 29.8 Å². The van der Waals surface area contributed by atoms with Gasteiger partial charge in [0.1, 0.15) is 5.69 Å². The molecule has 37 heavy (non-hydrogen) atoms. The fourth-order valence-corrected chi connectivity index (χ4v) is 4.53. The zero-order valence-corrected chi connectivity index (χ0v) is 21.6. The third kappa shape index (κ3) is 5.52. The highest BCUT2D eigenvalue weighted by Crippen LogP contribution is 2.36. The van der Waals surface area contributed by atoms with E-state index in [4.69, 9.17) is 0 Å². The van der Waals surface area contributed by atoms with Gasteiger partial charge < -0.3 is 0 Å². The highest BCUT2D eigenvalue weighted by atomic mass is 19.4. The topological polar surface area (TPSA) is 81.4 Å². The Bertz CT molecular complexity index is 1410. The molecule has 4 aromatic rings. The van der Waals surface area contributed by atoms with Crippen LogP contribution >= 0.6 is 0 Å². The maximum absolute atomic E-state index is 14.3. The van der Waals surface area contributed by atoms with Gasteiger partial charge in [0.05, 0.1) is 12.2 Å². The molecule has 2 aromatic heterocycles. The summed E-state index contributed by atoms with van der Waals surface area (Å²) in [6.45, 7) is 8.83. The van der Waals surface area contributed by atoms with Crippen LogP contribution in [0, 0.1) is 5.92 Å². The van der Waals surface area contributed by atoms with Crippen LogP contribution in [-0.4, -0.2) is 29.8 Å². The summed E-state index contributed by atoms with van der Waals surface area (Å²) in [5, 5.41) is 14.1. The van der Waals surface area contributed by atoms with Crippen molar-refractivity contribution in [3.05, 3.63) is 76.0 Å². The molecule has 0 saturated carbocycles. The third-order valence-corrected chi connectivity index (χ3v) is 6.28. The molecule has 0 saturated heterocycles. The summed E-state index contributed by atoms with van der Waals surface area (Å²) in [7, 11) is 0. The molecule has 196 valence electrons. The maximum atomic E-state index is 14.3. The second kappa shape index (κ2) is 9.99. The normalized spacial score (nSPS) is 12.5. The lowest BCUT2D eigenvalue weighted by atomic mass is 9.98. The number of hydrogen-bond acceptors (Lipinski definition) is 4. The number of hydrogen-bond donors (Lipinski definition) is 1. The summed E-state index contributed by atoms with van der Waals surface area (Å²) in [4.78, 5) is 13.4. The average molecular weight is 513 g/mol. The van der Waals surface area contributed by atoms with Crippen LogP contribution in [0.1, 0.15) is 58.0 Å². The fraction of sp³-hybridized carbons (Fsp3) is 0.407. The number of tetrazole rings is 1. The zero-order chi connectivity index (χ0) is 27.0. The summed E-state index contributed by atoms with van der Waals surface area (Å²) in [6.07, 6.45) is -3.93. The number of nitrogens with one attached hydrogen (secondary N) is 1. The SMILES string of the molecule is CC(C)CCc1c(C(F)(F)F)n(C(C)(C)C)c(=O)n1Cc1ccc(-c2ccccc2-c2nnn[nH]2)cc1. The minimum absolute atomic E-state index is 0.0355. The standard InChI is InChI=1S/C27H31F3N6O/c1-17(2)10-15-22-23(27(28,29)30)36(26(3,4)5)25(37)35(22)16-18-11-13-19(14-12-18)20-8-6-7-9-21(20)24-31-33-34-32-24/h6-9,11-14,17H,10,15-16H2,1-5H3,(H,31,32,33,34). The summed E-state index contributed by atoms with van der Waals surface area (Å²) < 4.78 is 45.1. The monoisotopic (exact) mass is 512 g/mol. The summed E-state index contributed by atoms with van der Waals surface area (Å²) in [5.74, 6) is 0.728. The van der Waals surface area contributed by atoms with Crippen molar-refractivity contribution < 1.29 is 13.2 Å². The van der Waals surface area contributed by atoms with Crippen molar-refractivity contribution >= 4 is 0 Å². The molecule has 1 N–H and O–H groups in total. The van der Waals surface area contributed by atoms with Crippen LogP contribution in [0.25, 0.3) is 22.5 Å². The summed E-state index contributed by atoms with van der Waals surface area (Å²) in [6, 6.07) is 15.1. The van der Waals surface area contributed by atoms with Crippen molar-refractivity contribution in [2.24, 2.45) is 5.92 Å². The fourth-order valence-electron chi connectivity index (χ4n) is 4.53. The van der Waals surface area contributed by atoms with E-state index in [0.29, 0.717) is 12.2 Å². The van der Waals surface area contributed by atoms with Crippen LogP contribution in [0.5, 0.6) is 0 Å². The van der Waals surface area contributed by atoms with Crippen molar-refractivity contribution in [2.45, 2.75) is 65.7 Å². The Morgan fingerprint density at radius 2 is 1.62 bits per heavy atom. The van der Waals surface area contributed by atoms with Gasteiger partial charge in [0.25, 0.3) is 0 Å². The molecule has 0 aliphatic carbocycles. The molecule has 2 aromatic carbocycles. The molecule has 0 spiro atoms. The number of aromatic amines is 1. The van der Waals surface area contributed by atoms with Crippen LogP contribution < -0.4 is 5.69 Å². The summed E-state index contributed by atoms with van der Waals surface area (Å²) >= 11 is 0. The molecule has 0 amide bonds. The van der Waals surface area contributed by atoms with E-state index in [9.17, 15) is 18.0 Å². The van der Waals surface area contributed by atoms with Crippen LogP contribution in [-0.2, 0) is 24.7 Å². The molecule has 0 bridgehead atoms. The lowest BCUT2D eigenvalue weighted by Gasteiger charge is -2.24. The van der Waals surface area contributed by atoms with Crippen LogP contribution in [0.4, 0.5) is 13.2 Å². The van der Waals surface area contributed by atoms with Gasteiger partial charge in [0.15, 0.2) is 5.82 Å². The quantitative estimate of drug-likeness (QED) is 0.334. The van der Waals surface area contributed by atoms with Gasteiger partial charge >= 0.3 is 11.9 Å². The maximum Gasteiger partial charge on any atom is 0.433 e. The molecule has 7 nitrogen and oxygen atoms in total. The smallest absolute Gasteiger partial charge is 0.291 e. The molecular weight excluding hydrogens is 481 g/mol. The molecule has 2 heterocycles. The van der Waals surface area contributed by atoms with Crippen molar-refractivity contribution in [3.63, 3.8) is 0 Å². The number of imidazole rings is 1. The van der Waals surface area contributed by atoms with E-state index in [1.54, 1.807) is 20.8 Å². The molecule has 0 atom stereocenters. The molecule has 10 heteroatoms. The van der Waals surface area contributed by atoms with Gasteiger partial charge in [0.2, 0.25) is 0 Å². The first-order valence-electron chi connectivity index (χ1n) is 12.2. The molecule has 0 radical (unpaired) electrons. The third-order valence-electron chi connectivity index (χ3n) is 6.28. The Kier molecular flexibility index (Phi) is 7.12. The van der Waals surface area contributed by atoms with E-state index in [0.717, 1.165) is 26.8 Å². The second-order valence-corrected chi connectivity index (χ2v) is 10.6. The number of rotatable bonds is 7. The first-order valence-corrected chi connectivity index (χ1v) is 12.2. The van der Waals surface area contributed by atoms with Gasteiger partial charge in [-0.25, -0.2) is 9.89 Å². The predicted molar refractivity (Wildman–Crippen MR) is 136 cm³/mol. The number of alkyl halides is 3. The minimum Gasteiger partial charge on any atom is -0.291 e. The van der Waals surface area contributed by atoms with E-state index in [1.165, 1.54) is 4.57 Å². The van der Waals surface area contributed by atoms with E-state index in [1.807, 2.05) is 62.4 Å². The molecule has 0 fully saturated rings. The largest absolute Gasteiger partial charge is 0.433 e.